The van der Waals surface area contributed by atoms with Crippen molar-refractivity contribution in [1.82, 2.24) is 4.57 Å². The third kappa shape index (κ3) is 5.95. The molecule has 2 heterocycles. The van der Waals surface area contributed by atoms with Gasteiger partial charge in [-0.05, 0) is 55.3 Å². The maximum absolute atomic E-state index is 13.8. The smallest absolute Gasteiger partial charge is 0.338 e. The predicted molar refractivity (Wildman–Crippen MR) is 161 cm³/mol. The lowest BCUT2D eigenvalue weighted by atomic mass is 9.96. The zero-order chi connectivity index (χ0) is 29.1. The fourth-order valence-corrected chi connectivity index (χ4v) is 6.10. The van der Waals surface area contributed by atoms with Crippen LogP contribution in [-0.4, -0.2) is 24.3 Å². The Kier molecular flexibility index (Phi) is 8.63. The van der Waals surface area contributed by atoms with Gasteiger partial charge < -0.3 is 14.2 Å². The van der Waals surface area contributed by atoms with Gasteiger partial charge in [0.15, 0.2) is 16.3 Å². The summed E-state index contributed by atoms with van der Waals surface area (Å²) in [7, 11) is 1.32. The Labute approximate surface area is 250 Å². The first kappa shape index (κ1) is 28.7. The quantitative estimate of drug-likeness (QED) is 0.240. The van der Waals surface area contributed by atoms with Gasteiger partial charge in [0.2, 0.25) is 0 Å². The molecule has 1 aliphatic rings. The Morgan fingerprint density at radius 1 is 1.05 bits per heavy atom. The molecule has 0 fully saturated rings. The van der Waals surface area contributed by atoms with E-state index in [0.29, 0.717) is 48.8 Å². The van der Waals surface area contributed by atoms with Crippen molar-refractivity contribution < 1.29 is 19.0 Å². The molecule has 1 atom stereocenters. The topological polar surface area (TPSA) is 79.1 Å². The van der Waals surface area contributed by atoms with Crippen LogP contribution in [0, 0.1) is 0 Å². The van der Waals surface area contributed by atoms with Crippen LogP contribution >= 0.6 is 34.5 Å². The first-order valence-corrected chi connectivity index (χ1v) is 14.4. The van der Waals surface area contributed by atoms with Crippen LogP contribution in [0.2, 0.25) is 10.0 Å². The van der Waals surface area contributed by atoms with Crippen molar-refractivity contribution in [3.8, 4) is 11.5 Å². The lowest BCUT2D eigenvalue weighted by Crippen LogP contribution is -2.39. The number of esters is 1. The van der Waals surface area contributed by atoms with Crippen molar-refractivity contribution in [2.24, 2.45) is 4.99 Å². The highest BCUT2D eigenvalue weighted by Gasteiger charge is 2.32. The van der Waals surface area contributed by atoms with Gasteiger partial charge in [-0.25, -0.2) is 9.79 Å². The molecule has 3 aromatic carbocycles. The van der Waals surface area contributed by atoms with E-state index < -0.39 is 12.0 Å². The molecule has 41 heavy (non-hydrogen) atoms. The van der Waals surface area contributed by atoms with Crippen LogP contribution in [0.15, 0.2) is 87.8 Å². The van der Waals surface area contributed by atoms with Crippen LogP contribution in [0.4, 0.5) is 0 Å². The largest absolute Gasteiger partial charge is 0.490 e. The predicted octanol–water partition coefficient (Wildman–Crippen LogP) is 5.69. The average molecular weight is 610 g/mol. The molecule has 10 heteroatoms. The van der Waals surface area contributed by atoms with Crippen molar-refractivity contribution in [2.75, 3.05) is 13.7 Å². The van der Waals surface area contributed by atoms with Crippen molar-refractivity contribution in [3.05, 3.63) is 124 Å². The fourth-order valence-electron chi connectivity index (χ4n) is 4.59. The summed E-state index contributed by atoms with van der Waals surface area (Å²) in [6.07, 6.45) is 1.78. The van der Waals surface area contributed by atoms with Gasteiger partial charge in [0.05, 0.1) is 35.6 Å². The van der Waals surface area contributed by atoms with Gasteiger partial charge >= 0.3 is 5.97 Å². The number of halogens is 2. The van der Waals surface area contributed by atoms with Gasteiger partial charge in [-0.3, -0.25) is 9.36 Å². The van der Waals surface area contributed by atoms with Crippen molar-refractivity contribution in [2.45, 2.75) is 26.5 Å². The highest BCUT2D eigenvalue weighted by Crippen LogP contribution is 2.32. The summed E-state index contributed by atoms with van der Waals surface area (Å²) in [5.74, 6) is 0.551. The number of carbonyl (C=O) groups is 1. The van der Waals surface area contributed by atoms with Gasteiger partial charge in [-0.2, -0.15) is 0 Å². The average Bonchev–Trinajstić information content (AvgIpc) is 3.26. The molecule has 7 nitrogen and oxygen atoms in total. The molecule has 0 aliphatic carbocycles. The van der Waals surface area contributed by atoms with E-state index in [-0.39, 0.29) is 12.2 Å². The second-order valence-corrected chi connectivity index (χ2v) is 11.0. The second kappa shape index (κ2) is 12.3. The van der Waals surface area contributed by atoms with Gasteiger partial charge in [0, 0.05) is 15.6 Å². The molecular formula is C31H26Cl2N2O5S. The molecule has 0 bridgehead atoms. The summed E-state index contributed by atoms with van der Waals surface area (Å²) >= 11 is 13.6. The summed E-state index contributed by atoms with van der Waals surface area (Å²) in [5.41, 5.74) is 2.91. The molecule has 1 aliphatic heterocycles. The number of nitrogens with zero attached hydrogens (tertiary/aromatic N) is 2. The number of benzene rings is 3. The first-order chi connectivity index (χ1) is 19.8. The van der Waals surface area contributed by atoms with Crippen LogP contribution in [0.5, 0.6) is 11.5 Å². The lowest BCUT2D eigenvalue weighted by molar-refractivity contribution is -0.136. The van der Waals surface area contributed by atoms with E-state index in [1.807, 2.05) is 55.5 Å². The minimum atomic E-state index is -0.656. The molecule has 0 spiro atoms. The van der Waals surface area contributed by atoms with Crippen LogP contribution in [0.1, 0.15) is 36.6 Å². The molecule has 4 aromatic rings. The van der Waals surface area contributed by atoms with Gasteiger partial charge in [0.25, 0.3) is 5.56 Å². The van der Waals surface area contributed by atoms with Gasteiger partial charge in [-0.1, -0.05) is 77.0 Å². The van der Waals surface area contributed by atoms with E-state index in [9.17, 15) is 9.59 Å². The highest BCUT2D eigenvalue weighted by molar-refractivity contribution is 7.07. The molecule has 0 radical (unpaired) electrons. The standard InChI is InChI=1S/C31H26Cl2N2O5S/c1-4-39-25-14-19(10-13-24(25)40-17-21-11-12-22(32)16-23(21)33)15-26-29(36)35-28(20-8-6-5-7-9-20)27(30(37)38-3)18(2)34-31(35)41-26/h5-16,28H,4,17H2,1-3H3/b26-15-/t28-/m1/s1. The normalized spacial score (nSPS) is 14.9. The molecule has 0 N–H and O–H groups in total. The number of carbonyl (C=O) groups excluding carboxylic acids is 1. The first-order valence-electron chi connectivity index (χ1n) is 12.8. The number of methoxy groups -OCH3 is 1. The summed E-state index contributed by atoms with van der Waals surface area (Å²) < 4.78 is 19.0. The van der Waals surface area contributed by atoms with Gasteiger partial charge in [0.1, 0.15) is 6.61 Å². The number of hydrogen-bond donors (Lipinski definition) is 0. The molecule has 5 rings (SSSR count). The molecule has 0 saturated carbocycles. The second-order valence-electron chi connectivity index (χ2n) is 9.15. The van der Waals surface area contributed by atoms with Crippen molar-refractivity contribution in [3.63, 3.8) is 0 Å². The Hall–Kier alpha value is -3.85. The van der Waals surface area contributed by atoms with Gasteiger partial charge in [-0.15, -0.1) is 0 Å². The fraction of sp³-hybridized carbons (Fsp3) is 0.194. The summed E-state index contributed by atoms with van der Waals surface area (Å²) in [5, 5.41) is 1.07. The third-order valence-electron chi connectivity index (χ3n) is 6.51. The zero-order valence-electron chi connectivity index (χ0n) is 22.5. The summed E-state index contributed by atoms with van der Waals surface area (Å²) in [4.78, 5) is 31.7. The monoisotopic (exact) mass is 608 g/mol. The summed E-state index contributed by atoms with van der Waals surface area (Å²) in [6.45, 7) is 4.30. The van der Waals surface area contributed by atoms with Crippen LogP contribution < -0.4 is 24.4 Å². The van der Waals surface area contributed by atoms with E-state index >= 15 is 0 Å². The SMILES string of the molecule is CCOc1cc(/C=c2\sc3n(c2=O)[C@H](c2ccccc2)C(C(=O)OC)=C(C)N=3)ccc1OCc1ccc(Cl)cc1Cl. The van der Waals surface area contributed by atoms with Crippen molar-refractivity contribution in [1.29, 1.82) is 0 Å². The zero-order valence-corrected chi connectivity index (χ0v) is 24.8. The molecule has 0 saturated heterocycles. The Balaban J connectivity index is 1.54. The van der Waals surface area contributed by atoms with E-state index in [4.69, 9.17) is 37.4 Å². The van der Waals surface area contributed by atoms with Crippen molar-refractivity contribution >= 4 is 46.6 Å². The molecule has 0 amide bonds. The number of hydrogen-bond acceptors (Lipinski definition) is 7. The molecule has 0 unspecified atom stereocenters. The highest BCUT2D eigenvalue weighted by atomic mass is 35.5. The lowest BCUT2D eigenvalue weighted by Gasteiger charge is -2.24. The molecular weight excluding hydrogens is 583 g/mol. The Morgan fingerprint density at radius 3 is 2.54 bits per heavy atom. The number of aromatic nitrogens is 1. The van der Waals surface area contributed by atoms with Crippen LogP contribution in [0.3, 0.4) is 0 Å². The number of thiazole rings is 1. The summed E-state index contributed by atoms with van der Waals surface area (Å²) in [6, 6.07) is 19.4. The number of ether oxygens (including phenoxy) is 3. The Bertz CT molecular complexity index is 1830. The minimum Gasteiger partial charge on any atom is -0.490 e. The maximum atomic E-state index is 13.8. The van der Waals surface area contributed by atoms with E-state index in [0.717, 1.165) is 16.7 Å². The maximum Gasteiger partial charge on any atom is 0.338 e. The van der Waals surface area contributed by atoms with Crippen LogP contribution in [0.25, 0.3) is 6.08 Å². The third-order valence-corrected chi connectivity index (χ3v) is 8.08. The van der Waals surface area contributed by atoms with Crippen LogP contribution in [-0.2, 0) is 16.1 Å². The molecule has 1 aromatic heterocycles. The number of allylic oxidation sites excluding steroid dienone is 1. The van der Waals surface area contributed by atoms with E-state index in [1.54, 1.807) is 35.8 Å². The molecule has 210 valence electrons. The Morgan fingerprint density at radius 2 is 1.83 bits per heavy atom. The number of fused-ring (bicyclic) bond motifs is 1. The minimum absolute atomic E-state index is 0.232. The van der Waals surface area contributed by atoms with E-state index in [1.165, 1.54) is 18.4 Å². The number of rotatable bonds is 8. The van der Waals surface area contributed by atoms with E-state index in [2.05, 4.69) is 4.99 Å².